The van der Waals surface area contributed by atoms with Crippen molar-refractivity contribution in [2.75, 3.05) is 12.1 Å². The lowest BCUT2D eigenvalue weighted by Crippen LogP contribution is -2.38. The molecule has 1 aromatic carbocycles. The number of hydrogen-bond acceptors (Lipinski definition) is 4. The van der Waals surface area contributed by atoms with Crippen molar-refractivity contribution < 1.29 is 14.3 Å². The second kappa shape index (κ2) is 4.18. The molecule has 0 aliphatic carbocycles. The minimum atomic E-state index is -0.732. The van der Waals surface area contributed by atoms with Crippen molar-refractivity contribution >= 4 is 27.7 Å². The second-order valence-electron chi connectivity index (χ2n) is 2.87. The van der Waals surface area contributed by atoms with Gasteiger partial charge in [-0.15, -0.1) is 0 Å². The number of hydrogen-bond donors (Lipinski definition) is 1. The number of anilines is 1. The molecule has 2 rings (SSSR count). The fourth-order valence-electron chi connectivity index (χ4n) is 1.23. The van der Waals surface area contributed by atoms with Gasteiger partial charge >= 0.3 is 6.09 Å². The number of amides is 1. The van der Waals surface area contributed by atoms with E-state index in [1.165, 1.54) is 12.1 Å². The van der Waals surface area contributed by atoms with Gasteiger partial charge in [0, 0.05) is 11.6 Å². The molecule has 6 heteroatoms. The molecule has 15 heavy (non-hydrogen) atoms. The number of nitrogens with zero attached hydrogens (tertiary/aromatic N) is 1. The van der Waals surface area contributed by atoms with Crippen LogP contribution in [0.15, 0.2) is 28.7 Å². The average Bonchev–Trinajstić information content (AvgIpc) is 2.60. The van der Waals surface area contributed by atoms with E-state index in [0.29, 0.717) is 5.69 Å². The Bertz CT molecular complexity index is 385. The number of hydrazine groups is 1. The summed E-state index contributed by atoms with van der Waals surface area (Å²) in [7, 11) is 1.45. The number of carbonyl (C=O) groups excluding carboxylic acids is 1. The predicted molar refractivity (Wildman–Crippen MR) is 57.0 cm³/mol. The van der Waals surface area contributed by atoms with Crippen molar-refractivity contribution in [2.24, 2.45) is 0 Å². The molecule has 80 valence electrons. The molecular weight excluding hydrogens is 264 g/mol. The van der Waals surface area contributed by atoms with Crippen LogP contribution in [0.25, 0.3) is 0 Å². The fourth-order valence-corrected chi connectivity index (χ4v) is 1.69. The standard InChI is InChI=1S/C9H9BrN2O3/c1-14-8-11-12(9(13)15-8)7-5-3-2-4-6(7)10/h2-5,8,11H,1H3. The van der Waals surface area contributed by atoms with E-state index >= 15 is 0 Å². The lowest BCUT2D eigenvalue weighted by atomic mass is 10.3. The molecule has 1 saturated heterocycles. The molecule has 1 N–H and O–H groups in total. The van der Waals surface area contributed by atoms with E-state index in [9.17, 15) is 4.79 Å². The van der Waals surface area contributed by atoms with Crippen LogP contribution in [0, 0.1) is 0 Å². The molecule has 1 heterocycles. The number of carbonyl (C=O) groups is 1. The molecule has 0 spiro atoms. The molecule has 0 radical (unpaired) electrons. The molecule has 1 fully saturated rings. The molecular formula is C9H9BrN2O3. The second-order valence-corrected chi connectivity index (χ2v) is 3.72. The van der Waals surface area contributed by atoms with Gasteiger partial charge in [0.15, 0.2) is 0 Å². The number of methoxy groups -OCH3 is 1. The molecule has 0 bridgehead atoms. The van der Waals surface area contributed by atoms with Crippen molar-refractivity contribution in [3.05, 3.63) is 28.7 Å². The predicted octanol–water partition coefficient (Wildman–Crippen LogP) is 1.84. The van der Waals surface area contributed by atoms with Crippen molar-refractivity contribution in [3.8, 4) is 0 Å². The first-order valence-corrected chi connectivity index (χ1v) is 5.06. The molecule has 0 aromatic heterocycles. The van der Waals surface area contributed by atoms with Crippen molar-refractivity contribution in [1.82, 2.24) is 5.43 Å². The Morgan fingerprint density at radius 2 is 2.27 bits per heavy atom. The van der Waals surface area contributed by atoms with Gasteiger partial charge in [0.2, 0.25) is 0 Å². The summed E-state index contributed by atoms with van der Waals surface area (Å²) in [5, 5.41) is 1.29. The fraction of sp³-hybridized carbons (Fsp3) is 0.222. The third kappa shape index (κ3) is 1.97. The van der Waals surface area contributed by atoms with Crippen LogP contribution in [0.3, 0.4) is 0 Å². The first kappa shape index (κ1) is 10.4. The summed E-state index contributed by atoms with van der Waals surface area (Å²) in [5.74, 6) is 0. The van der Waals surface area contributed by atoms with Crippen LogP contribution in [-0.2, 0) is 9.47 Å². The zero-order chi connectivity index (χ0) is 10.8. The number of cyclic esters (lactones) is 1. The molecule has 1 aliphatic rings. The molecule has 0 saturated carbocycles. The van der Waals surface area contributed by atoms with Gasteiger partial charge in [0.05, 0.1) is 5.69 Å². The normalized spacial score (nSPS) is 20.5. The van der Waals surface area contributed by atoms with Gasteiger partial charge in [-0.25, -0.2) is 9.80 Å². The minimum Gasteiger partial charge on any atom is -0.402 e. The number of halogens is 1. The van der Waals surface area contributed by atoms with E-state index in [1.54, 1.807) is 6.07 Å². The SMILES string of the molecule is COC1NN(c2ccccc2Br)C(=O)O1. The largest absolute Gasteiger partial charge is 0.432 e. The first-order valence-electron chi connectivity index (χ1n) is 4.26. The Morgan fingerprint density at radius 3 is 2.87 bits per heavy atom. The topological polar surface area (TPSA) is 50.8 Å². The van der Waals surface area contributed by atoms with Gasteiger partial charge in [0.1, 0.15) is 0 Å². The third-order valence-corrected chi connectivity index (χ3v) is 2.60. The van der Waals surface area contributed by atoms with Crippen LogP contribution in [-0.4, -0.2) is 19.6 Å². The molecule has 1 atom stereocenters. The summed E-state index contributed by atoms with van der Waals surface area (Å²) >= 11 is 3.35. The van der Waals surface area contributed by atoms with Crippen molar-refractivity contribution in [3.63, 3.8) is 0 Å². The Balaban J connectivity index is 2.25. The van der Waals surface area contributed by atoms with Gasteiger partial charge in [-0.05, 0) is 28.1 Å². The van der Waals surface area contributed by atoms with Gasteiger partial charge in [0.25, 0.3) is 6.41 Å². The Labute approximate surface area is 95.1 Å². The number of nitrogens with one attached hydrogen (secondary N) is 1. The van der Waals surface area contributed by atoms with E-state index in [1.807, 2.05) is 18.2 Å². The summed E-state index contributed by atoms with van der Waals surface area (Å²) < 4.78 is 10.5. The Kier molecular flexibility index (Phi) is 2.90. The smallest absolute Gasteiger partial charge is 0.402 e. The highest BCUT2D eigenvalue weighted by Gasteiger charge is 2.32. The maximum absolute atomic E-state index is 11.4. The molecule has 1 amide bonds. The maximum Gasteiger partial charge on any atom is 0.432 e. The van der Waals surface area contributed by atoms with Crippen LogP contribution in [0.2, 0.25) is 0 Å². The summed E-state index contributed by atoms with van der Waals surface area (Å²) in [4.78, 5) is 11.4. The number of para-hydroxylation sites is 1. The highest BCUT2D eigenvalue weighted by molar-refractivity contribution is 9.10. The minimum absolute atomic E-state index is 0.492. The Hall–Kier alpha value is -1.11. The van der Waals surface area contributed by atoms with Gasteiger partial charge in [-0.1, -0.05) is 12.1 Å². The lowest BCUT2D eigenvalue weighted by molar-refractivity contribution is -0.0722. The van der Waals surface area contributed by atoms with Gasteiger partial charge < -0.3 is 9.47 Å². The van der Waals surface area contributed by atoms with Crippen molar-refractivity contribution in [2.45, 2.75) is 6.41 Å². The molecule has 1 aromatic rings. The highest BCUT2D eigenvalue weighted by Crippen LogP contribution is 2.27. The van der Waals surface area contributed by atoms with E-state index in [0.717, 1.165) is 4.47 Å². The number of benzene rings is 1. The lowest BCUT2D eigenvalue weighted by Gasteiger charge is -2.14. The van der Waals surface area contributed by atoms with Crippen LogP contribution in [0.4, 0.5) is 10.5 Å². The van der Waals surface area contributed by atoms with E-state index in [2.05, 4.69) is 21.4 Å². The van der Waals surface area contributed by atoms with Crippen LogP contribution >= 0.6 is 15.9 Å². The third-order valence-electron chi connectivity index (χ3n) is 1.93. The zero-order valence-corrected chi connectivity index (χ0v) is 9.52. The van der Waals surface area contributed by atoms with Crippen LogP contribution in [0.5, 0.6) is 0 Å². The quantitative estimate of drug-likeness (QED) is 0.893. The number of rotatable bonds is 2. The van der Waals surface area contributed by atoms with Crippen LogP contribution in [0.1, 0.15) is 0 Å². The molecule has 5 nitrogen and oxygen atoms in total. The van der Waals surface area contributed by atoms with E-state index in [4.69, 9.17) is 9.47 Å². The maximum atomic E-state index is 11.4. The average molecular weight is 273 g/mol. The summed E-state index contributed by atoms with van der Waals surface area (Å²) in [6.45, 7) is 0. The van der Waals surface area contributed by atoms with E-state index < -0.39 is 12.5 Å². The first-order chi connectivity index (χ1) is 7.22. The van der Waals surface area contributed by atoms with Crippen molar-refractivity contribution in [1.29, 1.82) is 0 Å². The summed E-state index contributed by atoms with van der Waals surface area (Å²) in [5.41, 5.74) is 3.44. The van der Waals surface area contributed by atoms with E-state index in [-0.39, 0.29) is 0 Å². The van der Waals surface area contributed by atoms with Gasteiger partial charge in [-0.2, -0.15) is 5.43 Å². The van der Waals surface area contributed by atoms with Gasteiger partial charge in [-0.3, -0.25) is 0 Å². The molecule has 1 aliphatic heterocycles. The zero-order valence-electron chi connectivity index (χ0n) is 7.94. The van der Waals surface area contributed by atoms with Crippen LogP contribution < -0.4 is 10.4 Å². The monoisotopic (exact) mass is 272 g/mol. The highest BCUT2D eigenvalue weighted by atomic mass is 79.9. The number of ether oxygens (including phenoxy) is 2. The Morgan fingerprint density at radius 1 is 1.53 bits per heavy atom. The summed E-state index contributed by atoms with van der Waals surface area (Å²) in [6, 6.07) is 7.32. The molecule has 1 unspecified atom stereocenters. The summed E-state index contributed by atoms with van der Waals surface area (Å²) in [6.07, 6.45) is -1.22.